The van der Waals surface area contributed by atoms with E-state index in [1.54, 1.807) is 11.3 Å². The van der Waals surface area contributed by atoms with Crippen LogP contribution >= 0.6 is 22.9 Å². The predicted octanol–water partition coefficient (Wildman–Crippen LogP) is 4.58. The van der Waals surface area contributed by atoms with Crippen LogP contribution < -0.4 is 11.1 Å². The zero-order valence-electron chi connectivity index (χ0n) is 11.6. The quantitative estimate of drug-likeness (QED) is 0.641. The van der Waals surface area contributed by atoms with Crippen LogP contribution in [0.25, 0.3) is 0 Å². The van der Waals surface area contributed by atoms with Crippen LogP contribution in [0, 0.1) is 0 Å². The van der Waals surface area contributed by atoms with Crippen LogP contribution in [-0.4, -0.2) is 5.96 Å². The molecule has 0 saturated carbocycles. The molecule has 1 aromatic heterocycles. The summed E-state index contributed by atoms with van der Waals surface area (Å²) in [6, 6.07) is 10.1. The molecular weight excluding hydrogens is 290 g/mol. The van der Waals surface area contributed by atoms with Gasteiger partial charge in [-0.3, -0.25) is 0 Å². The van der Waals surface area contributed by atoms with E-state index in [4.69, 9.17) is 17.3 Å². The first-order valence-electron chi connectivity index (χ1n) is 6.60. The van der Waals surface area contributed by atoms with Crippen molar-refractivity contribution in [1.82, 2.24) is 0 Å². The predicted molar refractivity (Wildman–Crippen MR) is 89.4 cm³/mol. The molecule has 3 N–H and O–H groups in total. The number of rotatable bonds is 4. The highest BCUT2D eigenvalue weighted by atomic mass is 35.5. The van der Waals surface area contributed by atoms with Gasteiger partial charge in [0.05, 0.1) is 5.69 Å². The first-order chi connectivity index (χ1) is 9.62. The van der Waals surface area contributed by atoms with E-state index in [-0.39, 0.29) is 0 Å². The largest absolute Gasteiger partial charge is 0.369 e. The third-order valence-electron chi connectivity index (χ3n) is 2.92. The van der Waals surface area contributed by atoms with E-state index in [0.717, 1.165) is 24.2 Å². The van der Waals surface area contributed by atoms with E-state index in [0.29, 0.717) is 10.3 Å². The Labute approximate surface area is 128 Å². The van der Waals surface area contributed by atoms with Crippen LogP contribution in [0.1, 0.15) is 24.3 Å². The van der Waals surface area contributed by atoms with Crippen LogP contribution in [0.5, 0.6) is 0 Å². The van der Waals surface area contributed by atoms with Crippen molar-refractivity contribution < 1.29 is 0 Å². The summed E-state index contributed by atoms with van der Waals surface area (Å²) >= 11 is 7.69. The lowest BCUT2D eigenvalue weighted by atomic mass is 10.1. The van der Waals surface area contributed by atoms with Crippen molar-refractivity contribution in [3.63, 3.8) is 0 Å². The second-order valence-electron chi connectivity index (χ2n) is 4.40. The molecule has 2 aromatic rings. The molecule has 0 aliphatic carbocycles. The fraction of sp³-hybridized carbons (Fsp3) is 0.267. The Morgan fingerprint density at radius 1 is 1.30 bits per heavy atom. The Kier molecular flexibility index (Phi) is 5.04. The number of nitrogens with two attached hydrogens (primary N) is 1. The maximum atomic E-state index is 6.15. The number of hydrogen-bond donors (Lipinski definition) is 2. The van der Waals surface area contributed by atoms with Crippen LogP contribution in [0.15, 0.2) is 35.3 Å². The molecule has 0 aliphatic heterocycles. The molecule has 1 aromatic carbocycles. The standard InChI is InChI=1S/C15H18ClN3S/c1-3-10-6-5-7-11(8-10)18-15(17)19-13-9-12(4-2)20-14(13)16/h5-9H,3-4H2,1-2H3,(H3,17,18,19). The van der Waals surface area contributed by atoms with E-state index in [1.165, 1.54) is 10.4 Å². The minimum atomic E-state index is 0.348. The molecule has 20 heavy (non-hydrogen) atoms. The minimum Gasteiger partial charge on any atom is -0.369 e. The summed E-state index contributed by atoms with van der Waals surface area (Å²) < 4.78 is 0.675. The molecule has 1 heterocycles. The zero-order chi connectivity index (χ0) is 14.5. The van der Waals surface area contributed by atoms with Gasteiger partial charge < -0.3 is 11.1 Å². The van der Waals surface area contributed by atoms with E-state index < -0.39 is 0 Å². The Balaban J connectivity index is 2.15. The number of halogens is 1. The number of thiophene rings is 1. The Morgan fingerprint density at radius 2 is 2.10 bits per heavy atom. The zero-order valence-corrected chi connectivity index (χ0v) is 13.2. The molecule has 0 radical (unpaired) electrons. The summed E-state index contributed by atoms with van der Waals surface area (Å²) in [4.78, 5) is 5.54. The topological polar surface area (TPSA) is 50.4 Å². The molecular formula is C15H18ClN3S. The highest BCUT2D eigenvalue weighted by Gasteiger charge is 2.06. The third kappa shape index (κ3) is 3.74. The number of anilines is 1. The Morgan fingerprint density at radius 3 is 2.75 bits per heavy atom. The Bertz CT molecular complexity index is 619. The van der Waals surface area contributed by atoms with Crippen LogP contribution in [0.4, 0.5) is 11.4 Å². The van der Waals surface area contributed by atoms with Crippen molar-refractivity contribution in [3.8, 4) is 0 Å². The second kappa shape index (κ2) is 6.77. The fourth-order valence-electron chi connectivity index (χ4n) is 1.83. The van der Waals surface area contributed by atoms with Crippen LogP contribution in [0.2, 0.25) is 4.34 Å². The van der Waals surface area contributed by atoms with Crippen LogP contribution in [-0.2, 0) is 12.8 Å². The number of aryl methyl sites for hydroxylation is 2. The second-order valence-corrected chi connectivity index (χ2v) is 6.14. The molecule has 0 unspecified atom stereocenters. The number of benzene rings is 1. The molecule has 0 fully saturated rings. The molecule has 0 spiro atoms. The molecule has 0 saturated heterocycles. The van der Waals surface area contributed by atoms with E-state index in [2.05, 4.69) is 36.3 Å². The molecule has 0 aliphatic rings. The summed E-state index contributed by atoms with van der Waals surface area (Å²) in [6.45, 7) is 4.21. The Hall–Kier alpha value is -1.52. The van der Waals surface area contributed by atoms with Gasteiger partial charge in [-0.2, -0.15) is 0 Å². The van der Waals surface area contributed by atoms with Crippen molar-refractivity contribution in [1.29, 1.82) is 0 Å². The minimum absolute atomic E-state index is 0.348. The molecule has 3 nitrogen and oxygen atoms in total. The highest BCUT2D eigenvalue weighted by molar-refractivity contribution is 7.16. The summed E-state index contributed by atoms with van der Waals surface area (Å²) in [6.07, 6.45) is 1.94. The normalized spacial score (nSPS) is 11.7. The van der Waals surface area contributed by atoms with Crippen molar-refractivity contribution in [2.24, 2.45) is 10.7 Å². The number of nitrogens with one attached hydrogen (secondary N) is 1. The van der Waals surface area contributed by atoms with Gasteiger partial charge in [0.25, 0.3) is 0 Å². The van der Waals surface area contributed by atoms with Gasteiger partial charge in [-0.05, 0) is 36.6 Å². The van der Waals surface area contributed by atoms with Gasteiger partial charge in [0.1, 0.15) is 4.34 Å². The number of hydrogen-bond acceptors (Lipinski definition) is 2. The third-order valence-corrected chi connectivity index (χ3v) is 4.40. The van der Waals surface area contributed by atoms with Gasteiger partial charge >= 0.3 is 0 Å². The lowest BCUT2D eigenvalue weighted by Crippen LogP contribution is -2.21. The maximum absolute atomic E-state index is 6.15. The van der Waals surface area contributed by atoms with Gasteiger partial charge in [0.2, 0.25) is 0 Å². The average molecular weight is 308 g/mol. The molecule has 5 heteroatoms. The first kappa shape index (κ1) is 14.9. The van der Waals surface area contributed by atoms with Crippen molar-refractivity contribution in [2.45, 2.75) is 26.7 Å². The number of aliphatic imine (C=N–C) groups is 1. The smallest absolute Gasteiger partial charge is 0.198 e. The van der Waals surface area contributed by atoms with Gasteiger partial charge in [-0.15, -0.1) is 11.3 Å². The van der Waals surface area contributed by atoms with Gasteiger partial charge in [-0.25, -0.2) is 4.99 Å². The maximum Gasteiger partial charge on any atom is 0.198 e. The molecule has 0 amide bonds. The molecule has 0 bridgehead atoms. The number of nitrogens with zero attached hydrogens (tertiary/aromatic N) is 1. The SMILES string of the molecule is CCc1cccc(NC(N)=Nc2cc(CC)sc2Cl)c1. The lowest BCUT2D eigenvalue weighted by molar-refractivity contribution is 1.14. The van der Waals surface area contributed by atoms with Gasteiger partial charge in [-0.1, -0.05) is 37.6 Å². The average Bonchev–Trinajstić information content (AvgIpc) is 2.79. The summed E-state index contributed by atoms with van der Waals surface area (Å²) in [5.41, 5.74) is 8.85. The summed E-state index contributed by atoms with van der Waals surface area (Å²) in [7, 11) is 0. The van der Waals surface area contributed by atoms with E-state index in [9.17, 15) is 0 Å². The molecule has 2 rings (SSSR count). The van der Waals surface area contributed by atoms with Crippen LogP contribution in [0.3, 0.4) is 0 Å². The van der Waals surface area contributed by atoms with Crippen molar-refractivity contribution in [2.75, 3.05) is 5.32 Å². The first-order valence-corrected chi connectivity index (χ1v) is 7.80. The monoisotopic (exact) mass is 307 g/mol. The van der Waals surface area contributed by atoms with E-state index >= 15 is 0 Å². The lowest BCUT2D eigenvalue weighted by Gasteiger charge is -2.06. The highest BCUT2D eigenvalue weighted by Crippen LogP contribution is 2.34. The number of guanidine groups is 1. The van der Waals surface area contributed by atoms with Gasteiger partial charge in [0, 0.05) is 10.6 Å². The summed E-state index contributed by atoms with van der Waals surface area (Å²) in [5, 5.41) is 3.09. The van der Waals surface area contributed by atoms with E-state index in [1.807, 2.05) is 18.2 Å². The molecule has 0 atom stereocenters. The van der Waals surface area contributed by atoms with Crippen molar-refractivity contribution in [3.05, 3.63) is 45.1 Å². The fourth-order valence-corrected chi connectivity index (χ4v) is 2.98. The van der Waals surface area contributed by atoms with Crippen molar-refractivity contribution >= 4 is 40.3 Å². The summed E-state index contributed by atoms with van der Waals surface area (Å²) in [5.74, 6) is 0.348. The molecule has 106 valence electrons. The van der Waals surface area contributed by atoms with Gasteiger partial charge in [0.15, 0.2) is 5.96 Å².